The predicted molar refractivity (Wildman–Crippen MR) is 41.2 cm³/mol. The van der Waals surface area contributed by atoms with Crippen molar-refractivity contribution in [3.05, 3.63) is 11.7 Å². The Morgan fingerprint density at radius 3 is 2.73 bits per heavy atom. The van der Waals surface area contributed by atoms with Gasteiger partial charge in [-0.05, 0) is 0 Å². The standard InChI is InChI=1S/C7H8BNO2/c1-3-5(10)6-7(8)9-4(2)11-6/h3H2,1-2H3. The van der Waals surface area contributed by atoms with Gasteiger partial charge < -0.3 is 4.42 Å². The minimum atomic E-state index is -0.108. The van der Waals surface area contributed by atoms with E-state index in [9.17, 15) is 4.79 Å². The molecule has 1 aromatic rings. The average Bonchev–Trinajstić information content (AvgIpc) is 2.28. The zero-order chi connectivity index (χ0) is 8.43. The topological polar surface area (TPSA) is 43.1 Å². The van der Waals surface area contributed by atoms with E-state index in [1.807, 2.05) is 0 Å². The molecule has 1 rings (SSSR count). The van der Waals surface area contributed by atoms with Gasteiger partial charge in [0.05, 0.1) is 0 Å². The molecule has 0 bridgehead atoms. The molecule has 0 amide bonds. The van der Waals surface area contributed by atoms with Gasteiger partial charge in [-0.25, -0.2) is 4.98 Å². The van der Waals surface area contributed by atoms with Crippen molar-refractivity contribution in [2.24, 2.45) is 0 Å². The van der Waals surface area contributed by atoms with Crippen LogP contribution in [0.4, 0.5) is 0 Å². The van der Waals surface area contributed by atoms with Crippen molar-refractivity contribution in [1.29, 1.82) is 0 Å². The summed E-state index contributed by atoms with van der Waals surface area (Å²) in [6.07, 6.45) is 0.388. The summed E-state index contributed by atoms with van der Waals surface area (Å²) >= 11 is 0. The SMILES string of the molecule is [B]c1nc(C)oc1C(=O)CC. The molecule has 11 heavy (non-hydrogen) atoms. The third kappa shape index (κ3) is 1.50. The van der Waals surface area contributed by atoms with Crippen LogP contribution in [-0.4, -0.2) is 18.6 Å². The second kappa shape index (κ2) is 2.90. The summed E-state index contributed by atoms with van der Waals surface area (Å²) in [5.41, 5.74) is 0.189. The molecule has 3 nitrogen and oxygen atoms in total. The Labute approximate surface area is 66.2 Å². The summed E-state index contributed by atoms with van der Waals surface area (Å²) in [7, 11) is 5.39. The van der Waals surface area contributed by atoms with Crippen molar-refractivity contribution in [1.82, 2.24) is 4.98 Å². The Morgan fingerprint density at radius 2 is 2.36 bits per heavy atom. The zero-order valence-corrected chi connectivity index (χ0v) is 6.55. The van der Waals surface area contributed by atoms with E-state index in [0.717, 1.165) is 0 Å². The van der Waals surface area contributed by atoms with Crippen LogP contribution < -0.4 is 5.59 Å². The fourth-order valence-electron chi connectivity index (χ4n) is 0.804. The molecule has 0 aliphatic carbocycles. The van der Waals surface area contributed by atoms with Crippen molar-refractivity contribution in [2.75, 3.05) is 0 Å². The Bertz CT molecular complexity index is 280. The smallest absolute Gasteiger partial charge is 0.198 e. The number of aryl methyl sites for hydroxylation is 1. The Balaban J connectivity index is 3.03. The number of aromatic nitrogens is 1. The first kappa shape index (κ1) is 8.05. The van der Waals surface area contributed by atoms with Crippen LogP contribution in [0.25, 0.3) is 0 Å². The summed E-state index contributed by atoms with van der Waals surface area (Å²) in [4.78, 5) is 14.8. The molecule has 0 saturated heterocycles. The van der Waals surface area contributed by atoms with Gasteiger partial charge in [0, 0.05) is 18.9 Å². The summed E-state index contributed by atoms with van der Waals surface area (Å²) in [6.45, 7) is 3.41. The molecule has 0 saturated carbocycles. The maximum atomic E-state index is 11.0. The fourth-order valence-corrected chi connectivity index (χ4v) is 0.804. The van der Waals surface area contributed by atoms with Gasteiger partial charge in [0.25, 0.3) is 0 Å². The third-order valence-corrected chi connectivity index (χ3v) is 1.33. The minimum absolute atomic E-state index is 0.108. The van der Waals surface area contributed by atoms with Crippen molar-refractivity contribution < 1.29 is 9.21 Å². The van der Waals surface area contributed by atoms with E-state index >= 15 is 0 Å². The first-order valence-corrected chi connectivity index (χ1v) is 3.41. The molecule has 0 atom stereocenters. The first-order chi connectivity index (χ1) is 5.15. The molecule has 2 radical (unpaired) electrons. The van der Waals surface area contributed by atoms with Gasteiger partial charge >= 0.3 is 0 Å². The molecule has 0 fully saturated rings. The molecule has 4 heteroatoms. The van der Waals surface area contributed by atoms with Crippen LogP contribution in [0.3, 0.4) is 0 Å². The zero-order valence-electron chi connectivity index (χ0n) is 6.55. The summed E-state index contributed by atoms with van der Waals surface area (Å²) in [6, 6.07) is 0. The molecule has 0 spiro atoms. The first-order valence-electron chi connectivity index (χ1n) is 3.41. The summed E-state index contributed by atoms with van der Waals surface area (Å²) in [5, 5.41) is 0. The monoisotopic (exact) mass is 149 g/mol. The molecular formula is C7H8BNO2. The van der Waals surface area contributed by atoms with Crippen LogP contribution in [0.1, 0.15) is 29.8 Å². The maximum Gasteiger partial charge on any atom is 0.198 e. The quantitative estimate of drug-likeness (QED) is 0.450. The molecule has 0 aliphatic heterocycles. The number of nitrogens with zero attached hydrogens (tertiary/aromatic N) is 1. The molecule has 0 N–H and O–H groups in total. The molecule has 0 aliphatic rings. The van der Waals surface area contributed by atoms with E-state index in [1.165, 1.54) is 0 Å². The Morgan fingerprint density at radius 1 is 1.73 bits per heavy atom. The van der Waals surface area contributed by atoms with Gasteiger partial charge in [-0.2, -0.15) is 0 Å². The molecule has 56 valence electrons. The number of Topliss-reactive ketones (excluding diaryl/α,β-unsaturated/α-hetero) is 1. The van der Waals surface area contributed by atoms with Crippen molar-refractivity contribution in [2.45, 2.75) is 20.3 Å². The van der Waals surface area contributed by atoms with Crippen LogP contribution in [0.2, 0.25) is 0 Å². The van der Waals surface area contributed by atoms with Crippen molar-refractivity contribution in [3.8, 4) is 0 Å². The highest BCUT2D eigenvalue weighted by Crippen LogP contribution is 2.01. The lowest BCUT2D eigenvalue weighted by Crippen LogP contribution is -2.13. The highest BCUT2D eigenvalue weighted by Gasteiger charge is 2.12. The van der Waals surface area contributed by atoms with E-state index in [4.69, 9.17) is 12.3 Å². The second-order valence-electron chi connectivity index (χ2n) is 2.22. The minimum Gasteiger partial charge on any atom is -0.439 e. The highest BCUT2D eigenvalue weighted by atomic mass is 16.4. The lowest BCUT2D eigenvalue weighted by atomic mass is 10.0. The van der Waals surface area contributed by atoms with Crippen molar-refractivity contribution in [3.63, 3.8) is 0 Å². The molecule has 1 heterocycles. The Hall–Kier alpha value is -1.06. The Kier molecular flexibility index (Phi) is 2.12. The normalized spacial score (nSPS) is 10.0. The van der Waals surface area contributed by atoms with Gasteiger partial charge in [0.15, 0.2) is 17.4 Å². The number of rotatable bonds is 2. The molecule has 0 unspecified atom stereocenters. The number of carbonyl (C=O) groups is 1. The van der Waals surface area contributed by atoms with Gasteiger partial charge in [0.2, 0.25) is 0 Å². The number of hydrogen-bond donors (Lipinski definition) is 0. The van der Waals surface area contributed by atoms with Crippen LogP contribution >= 0.6 is 0 Å². The number of carbonyl (C=O) groups excluding carboxylic acids is 1. The van der Waals surface area contributed by atoms with E-state index < -0.39 is 0 Å². The number of hydrogen-bond acceptors (Lipinski definition) is 3. The number of oxazole rings is 1. The van der Waals surface area contributed by atoms with Crippen LogP contribution in [0.5, 0.6) is 0 Å². The molecular weight excluding hydrogens is 141 g/mol. The lowest BCUT2D eigenvalue weighted by Gasteiger charge is -1.90. The average molecular weight is 149 g/mol. The molecule has 0 aromatic carbocycles. The fraction of sp³-hybridized carbons (Fsp3) is 0.429. The van der Waals surface area contributed by atoms with Crippen molar-refractivity contribution >= 4 is 19.2 Å². The number of ketones is 1. The van der Waals surface area contributed by atoms with Crippen LogP contribution in [0.15, 0.2) is 4.42 Å². The van der Waals surface area contributed by atoms with Crippen LogP contribution in [-0.2, 0) is 0 Å². The maximum absolute atomic E-state index is 11.0. The van der Waals surface area contributed by atoms with Gasteiger partial charge in [-0.3, -0.25) is 4.79 Å². The van der Waals surface area contributed by atoms with Gasteiger partial charge in [-0.15, -0.1) is 0 Å². The van der Waals surface area contributed by atoms with E-state index in [2.05, 4.69) is 4.98 Å². The van der Waals surface area contributed by atoms with E-state index in [1.54, 1.807) is 13.8 Å². The summed E-state index contributed by atoms with van der Waals surface area (Å²) < 4.78 is 4.98. The lowest BCUT2D eigenvalue weighted by molar-refractivity contribution is 0.0961. The van der Waals surface area contributed by atoms with Gasteiger partial charge in [0.1, 0.15) is 7.85 Å². The van der Waals surface area contributed by atoms with E-state index in [-0.39, 0.29) is 17.1 Å². The third-order valence-electron chi connectivity index (χ3n) is 1.33. The largest absolute Gasteiger partial charge is 0.439 e. The predicted octanol–water partition coefficient (Wildman–Crippen LogP) is 0.370. The second-order valence-corrected chi connectivity index (χ2v) is 2.22. The molecule has 1 aromatic heterocycles. The van der Waals surface area contributed by atoms with Crippen LogP contribution in [0, 0.1) is 6.92 Å². The van der Waals surface area contributed by atoms with E-state index in [0.29, 0.717) is 12.3 Å². The highest BCUT2D eigenvalue weighted by molar-refractivity contribution is 6.34. The summed E-state index contributed by atoms with van der Waals surface area (Å²) in [5.74, 6) is 0.507. The van der Waals surface area contributed by atoms with Gasteiger partial charge in [-0.1, -0.05) is 6.92 Å².